The number of benzene rings is 1. The number of ether oxygens (including phenoxy) is 4. The summed E-state index contributed by atoms with van der Waals surface area (Å²) in [4.78, 5) is 27.0. The van der Waals surface area contributed by atoms with E-state index in [0.29, 0.717) is 18.0 Å². The minimum atomic E-state index is -0.578. The van der Waals surface area contributed by atoms with Crippen molar-refractivity contribution in [3.63, 3.8) is 0 Å². The van der Waals surface area contributed by atoms with Gasteiger partial charge < -0.3 is 29.6 Å². The maximum absolute atomic E-state index is 12.6. The summed E-state index contributed by atoms with van der Waals surface area (Å²) in [5, 5.41) is 6.10. The van der Waals surface area contributed by atoms with Crippen LogP contribution in [0.4, 0.5) is 0 Å². The molecule has 1 unspecified atom stereocenters. The molecule has 1 aliphatic heterocycles. The standard InChI is InChI=1S/C21H33N3O6/c1-15(21(26)29-4)20(16-5-6-17(27-2)18(13-16)28-3)23-19(25)14-22-7-8-24-9-11-30-12-10-24/h5-6,13,15,20,22H,7-12,14H2,1-4H3,(H,23,25)/t15-,20?/m1/s1. The van der Waals surface area contributed by atoms with Crippen molar-refractivity contribution in [1.29, 1.82) is 0 Å². The summed E-state index contributed by atoms with van der Waals surface area (Å²) in [5.41, 5.74) is 0.729. The molecule has 1 amide bonds. The van der Waals surface area contributed by atoms with Crippen molar-refractivity contribution in [1.82, 2.24) is 15.5 Å². The molecule has 168 valence electrons. The van der Waals surface area contributed by atoms with Crippen molar-refractivity contribution in [3.05, 3.63) is 23.8 Å². The van der Waals surface area contributed by atoms with Crippen LogP contribution in [-0.2, 0) is 19.1 Å². The van der Waals surface area contributed by atoms with E-state index in [9.17, 15) is 9.59 Å². The van der Waals surface area contributed by atoms with Gasteiger partial charge in [0.1, 0.15) is 0 Å². The van der Waals surface area contributed by atoms with Crippen molar-refractivity contribution in [2.45, 2.75) is 13.0 Å². The molecule has 9 nitrogen and oxygen atoms in total. The molecule has 1 fully saturated rings. The van der Waals surface area contributed by atoms with Crippen LogP contribution in [0.15, 0.2) is 18.2 Å². The first-order chi connectivity index (χ1) is 14.5. The van der Waals surface area contributed by atoms with Crippen molar-refractivity contribution in [2.75, 3.05) is 67.3 Å². The van der Waals surface area contributed by atoms with Crippen LogP contribution in [0.3, 0.4) is 0 Å². The van der Waals surface area contributed by atoms with Gasteiger partial charge in [-0.05, 0) is 24.6 Å². The second-order valence-electron chi connectivity index (χ2n) is 7.10. The van der Waals surface area contributed by atoms with Gasteiger partial charge in [-0.25, -0.2) is 0 Å². The summed E-state index contributed by atoms with van der Waals surface area (Å²) in [7, 11) is 4.42. The fourth-order valence-corrected chi connectivity index (χ4v) is 3.35. The Morgan fingerprint density at radius 2 is 1.83 bits per heavy atom. The largest absolute Gasteiger partial charge is 0.493 e. The number of morpholine rings is 1. The molecule has 2 N–H and O–H groups in total. The zero-order valence-electron chi connectivity index (χ0n) is 18.2. The fourth-order valence-electron chi connectivity index (χ4n) is 3.35. The van der Waals surface area contributed by atoms with Crippen LogP contribution in [0.5, 0.6) is 11.5 Å². The van der Waals surface area contributed by atoms with Crippen LogP contribution >= 0.6 is 0 Å². The number of nitrogens with one attached hydrogen (secondary N) is 2. The third-order valence-electron chi connectivity index (χ3n) is 5.15. The Labute approximate surface area is 178 Å². The Bertz CT molecular complexity index is 693. The highest BCUT2D eigenvalue weighted by molar-refractivity contribution is 5.80. The Hall–Kier alpha value is -2.36. The van der Waals surface area contributed by atoms with Gasteiger partial charge in [-0.2, -0.15) is 0 Å². The highest BCUT2D eigenvalue weighted by Gasteiger charge is 2.28. The average molecular weight is 424 g/mol. The monoisotopic (exact) mass is 423 g/mol. The van der Waals surface area contributed by atoms with E-state index in [4.69, 9.17) is 18.9 Å². The number of hydrogen-bond acceptors (Lipinski definition) is 8. The molecular formula is C21H33N3O6. The Kier molecular flexibility index (Phi) is 9.85. The minimum Gasteiger partial charge on any atom is -0.493 e. The van der Waals surface area contributed by atoms with Crippen LogP contribution < -0.4 is 20.1 Å². The molecule has 1 aliphatic rings. The minimum absolute atomic E-state index is 0.155. The number of hydrogen-bond donors (Lipinski definition) is 2. The predicted octanol–water partition coefficient (Wildman–Crippen LogP) is 0.592. The third kappa shape index (κ3) is 6.86. The fraction of sp³-hybridized carbons (Fsp3) is 0.619. The summed E-state index contributed by atoms with van der Waals surface area (Å²) < 4.78 is 20.8. The lowest BCUT2D eigenvalue weighted by atomic mass is 9.94. The molecule has 2 atom stereocenters. The molecule has 9 heteroatoms. The van der Waals surface area contributed by atoms with Crippen LogP contribution in [0.1, 0.15) is 18.5 Å². The normalized spacial score (nSPS) is 16.4. The summed E-state index contributed by atoms with van der Waals surface area (Å²) in [6, 6.07) is 4.75. The lowest BCUT2D eigenvalue weighted by Gasteiger charge is -2.27. The number of carbonyl (C=O) groups is 2. The molecule has 0 aromatic heterocycles. The summed E-state index contributed by atoms with van der Waals surface area (Å²) in [6.07, 6.45) is 0. The Morgan fingerprint density at radius 1 is 1.13 bits per heavy atom. The first-order valence-electron chi connectivity index (χ1n) is 10.1. The van der Waals surface area contributed by atoms with E-state index in [1.54, 1.807) is 32.2 Å². The number of carbonyl (C=O) groups excluding carboxylic acids is 2. The molecule has 0 bridgehead atoms. The summed E-state index contributed by atoms with van der Waals surface area (Å²) >= 11 is 0. The van der Waals surface area contributed by atoms with Gasteiger partial charge in [-0.15, -0.1) is 0 Å². The van der Waals surface area contributed by atoms with Gasteiger partial charge in [0.15, 0.2) is 11.5 Å². The quantitative estimate of drug-likeness (QED) is 0.394. The van der Waals surface area contributed by atoms with Crippen molar-refractivity contribution >= 4 is 11.9 Å². The van der Waals surface area contributed by atoms with Gasteiger partial charge >= 0.3 is 5.97 Å². The number of nitrogens with zero attached hydrogens (tertiary/aromatic N) is 1. The highest BCUT2D eigenvalue weighted by atomic mass is 16.5. The first kappa shape index (κ1) is 23.9. The van der Waals surface area contributed by atoms with E-state index in [-0.39, 0.29) is 12.5 Å². The van der Waals surface area contributed by atoms with Crippen molar-refractivity contribution < 1.29 is 28.5 Å². The highest BCUT2D eigenvalue weighted by Crippen LogP contribution is 2.32. The van der Waals surface area contributed by atoms with Gasteiger partial charge in [0, 0.05) is 26.2 Å². The molecule has 0 aliphatic carbocycles. The third-order valence-corrected chi connectivity index (χ3v) is 5.15. The second kappa shape index (κ2) is 12.4. The van der Waals surface area contributed by atoms with E-state index < -0.39 is 17.9 Å². The summed E-state index contributed by atoms with van der Waals surface area (Å²) in [5.74, 6) is -0.0925. The molecule has 0 saturated carbocycles. The Balaban J connectivity index is 1.99. The number of rotatable bonds is 11. The van der Waals surface area contributed by atoms with Crippen molar-refractivity contribution in [2.24, 2.45) is 5.92 Å². The molecule has 1 heterocycles. The van der Waals surface area contributed by atoms with E-state index in [1.165, 1.54) is 14.2 Å². The summed E-state index contributed by atoms with van der Waals surface area (Å²) in [6.45, 7) is 6.74. The molecule has 1 aromatic carbocycles. The molecule has 30 heavy (non-hydrogen) atoms. The molecule has 1 saturated heterocycles. The van der Waals surface area contributed by atoms with Crippen LogP contribution in [0, 0.1) is 5.92 Å². The zero-order chi connectivity index (χ0) is 21.9. The van der Waals surface area contributed by atoms with Crippen LogP contribution in [0.2, 0.25) is 0 Å². The molecule has 0 spiro atoms. The van der Waals surface area contributed by atoms with Gasteiger partial charge in [-0.3, -0.25) is 14.5 Å². The second-order valence-corrected chi connectivity index (χ2v) is 7.10. The molecular weight excluding hydrogens is 390 g/mol. The number of amides is 1. The lowest BCUT2D eigenvalue weighted by molar-refractivity contribution is -0.146. The average Bonchev–Trinajstić information content (AvgIpc) is 2.79. The van der Waals surface area contributed by atoms with E-state index in [1.807, 2.05) is 0 Å². The van der Waals surface area contributed by atoms with Crippen LogP contribution in [0.25, 0.3) is 0 Å². The SMILES string of the molecule is COC(=O)[C@H](C)C(NC(=O)CNCCN1CCOCC1)c1ccc(OC)c(OC)c1. The zero-order valence-corrected chi connectivity index (χ0v) is 18.2. The maximum Gasteiger partial charge on any atom is 0.310 e. The smallest absolute Gasteiger partial charge is 0.310 e. The number of esters is 1. The van der Waals surface area contributed by atoms with E-state index in [0.717, 1.165) is 38.4 Å². The van der Waals surface area contributed by atoms with Gasteiger partial charge in [0.05, 0.1) is 53.0 Å². The van der Waals surface area contributed by atoms with E-state index >= 15 is 0 Å². The topological polar surface area (TPSA) is 98.4 Å². The molecule has 1 aromatic rings. The lowest BCUT2D eigenvalue weighted by Crippen LogP contribution is -2.43. The van der Waals surface area contributed by atoms with Gasteiger partial charge in [0.2, 0.25) is 5.91 Å². The molecule has 2 rings (SSSR count). The van der Waals surface area contributed by atoms with Gasteiger partial charge in [-0.1, -0.05) is 6.07 Å². The maximum atomic E-state index is 12.6. The van der Waals surface area contributed by atoms with Crippen LogP contribution in [-0.4, -0.2) is 84.0 Å². The first-order valence-corrected chi connectivity index (χ1v) is 10.1. The van der Waals surface area contributed by atoms with E-state index in [2.05, 4.69) is 15.5 Å². The van der Waals surface area contributed by atoms with Crippen molar-refractivity contribution in [3.8, 4) is 11.5 Å². The Morgan fingerprint density at radius 3 is 2.47 bits per heavy atom. The van der Waals surface area contributed by atoms with Gasteiger partial charge in [0.25, 0.3) is 0 Å². The number of methoxy groups -OCH3 is 3. The predicted molar refractivity (Wildman–Crippen MR) is 112 cm³/mol. The molecule has 0 radical (unpaired) electrons.